The van der Waals surface area contributed by atoms with Crippen LogP contribution < -0.4 is 10.1 Å². The third kappa shape index (κ3) is 5.28. The fourth-order valence-electron chi connectivity index (χ4n) is 2.61. The molecule has 3 aromatic rings. The number of ether oxygens (including phenoxy) is 1. The number of nitrogens with zero attached hydrogens (tertiary/aromatic N) is 1. The number of urea groups is 1. The van der Waals surface area contributed by atoms with E-state index >= 15 is 0 Å². The Balaban J connectivity index is 1.58. The number of hydrogen-bond acceptors (Lipinski definition) is 3. The minimum Gasteiger partial charge on any atom is -0.492 e. The van der Waals surface area contributed by atoms with E-state index in [0.717, 1.165) is 5.56 Å². The Hall–Kier alpha value is -2.92. The molecule has 0 aliphatic heterocycles. The Morgan fingerprint density at radius 2 is 1.96 bits per heavy atom. The van der Waals surface area contributed by atoms with Crippen LogP contribution in [-0.2, 0) is 0 Å². The SMILES string of the molecule is CN(CCOc1cccc(Cl)c1)C(=O)NC(c1ccccc1)c1ccco1. The lowest BCUT2D eigenvalue weighted by molar-refractivity contribution is 0.192. The number of amides is 2. The largest absolute Gasteiger partial charge is 0.492 e. The molecule has 140 valence electrons. The Kier molecular flexibility index (Phi) is 6.39. The van der Waals surface area contributed by atoms with Gasteiger partial charge in [-0.2, -0.15) is 0 Å². The number of nitrogens with one attached hydrogen (secondary N) is 1. The van der Waals surface area contributed by atoms with Crippen molar-refractivity contribution in [1.82, 2.24) is 10.2 Å². The first-order chi connectivity index (χ1) is 13.1. The molecule has 1 heterocycles. The van der Waals surface area contributed by atoms with E-state index in [9.17, 15) is 4.79 Å². The zero-order valence-electron chi connectivity index (χ0n) is 15.0. The summed E-state index contributed by atoms with van der Waals surface area (Å²) in [6, 6.07) is 20.0. The van der Waals surface area contributed by atoms with Gasteiger partial charge in [0.05, 0.1) is 12.8 Å². The number of hydrogen-bond donors (Lipinski definition) is 1. The maximum absolute atomic E-state index is 12.6. The third-order valence-corrected chi connectivity index (χ3v) is 4.30. The first-order valence-corrected chi connectivity index (χ1v) is 8.99. The molecule has 0 aliphatic carbocycles. The number of benzene rings is 2. The van der Waals surface area contributed by atoms with Crippen molar-refractivity contribution in [2.45, 2.75) is 6.04 Å². The van der Waals surface area contributed by atoms with Crippen molar-refractivity contribution in [3.8, 4) is 5.75 Å². The summed E-state index contributed by atoms with van der Waals surface area (Å²) in [5, 5.41) is 3.62. The summed E-state index contributed by atoms with van der Waals surface area (Å²) in [6.07, 6.45) is 1.60. The number of rotatable bonds is 7. The first-order valence-electron chi connectivity index (χ1n) is 8.62. The van der Waals surface area contributed by atoms with Gasteiger partial charge in [0.1, 0.15) is 24.2 Å². The molecule has 2 aromatic carbocycles. The fourth-order valence-corrected chi connectivity index (χ4v) is 2.79. The number of likely N-dealkylation sites (N-methyl/N-ethyl adjacent to an activating group) is 1. The Morgan fingerprint density at radius 3 is 2.67 bits per heavy atom. The van der Waals surface area contributed by atoms with Gasteiger partial charge in [-0.3, -0.25) is 0 Å². The van der Waals surface area contributed by atoms with Crippen LogP contribution in [0, 0.1) is 0 Å². The molecule has 6 heteroatoms. The van der Waals surface area contributed by atoms with Crippen molar-refractivity contribution in [1.29, 1.82) is 0 Å². The zero-order chi connectivity index (χ0) is 19.1. The highest BCUT2D eigenvalue weighted by Crippen LogP contribution is 2.22. The molecule has 1 atom stereocenters. The van der Waals surface area contributed by atoms with Gasteiger partial charge in [-0.25, -0.2) is 4.79 Å². The third-order valence-electron chi connectivity index (χ3n) is 4.07. The summed E-state index contributed by atoms with van der Waals surface area (Å²) >= 11 is 5.94. The van der Waals surface area contributed by atoms with E-state index in [0.29, 0.717) is 29.7 Å². The predicted molar refractivity (Wildman–Crippen MR) is 105 cm³/mol. The van der Waals surface area contributed by atoms with E-state index in [-0.39, 0.29) is 12.1 Å². The highest BCUT2D eigenvalue weighted by molar-refractivity contribution is 6.30. The monoisotopic (exact) mass is 384 g/mol. The standard InChI is InChI=1S/C21H21ClN2O3/c1-24(12-14-26-18-10-5-9-17(22)15-18)21(25)23-20(19-11-6-13-27-19)16-7-3-2-4-8-16/h2-11,13,15,20H,12,14H2,1H3,(H,23,25). The second-order valence-corrected chi connectivity index (χ2v) is 6.47. The van der Waals surface area contributed by atoms with E-state index in [4.69, 9.17) is 20.8 Å². The van der Waals surface area contributed by atoms with Gasteiger partial charge in [0.15, 0.2) is 0 Å². The van der Waals surface area contributed by atoms with E-state index in [1.807, 2.05) is 48.5 Å². The van der Waals surface area contributed by atoms with Gasteiger partial charge in [0.25, 0.3) is 0 Å². The van der Waals surface area contributed by atoms with Gasteiger partial charge in [-0.05, 0) is 35.9 Å². The average molecular weight is 385 g/mol. The molecule has 1 unspecified atom stereocenters. The van der Waals surface area contributed by atoms with Crippen LogP contribution in [0.1, 0.15) is 17.4 Å². The molecular formula is C21H21ClN2O3. The minimum atomic E-state index is -0.356. The summed E-state index contributed by atoms with van der Waals surface area (Å²) in [6.45, 7) is 0.791. The molecule has 1 aromatic heterocycles. The van der Waals surface area contributed by atoms with Crippen LogP contribution in [0.25, 0.3) is 0 Å². The molecule has 2 amide bonds. The summed E-state index contributed by atoms with van der Waals surface area (Å²) in [4.78, 5) is 14.2. The molecular weight excluding hydrogens is 364 g/mol. The van der Waals surface area contributed by atoms with E-state index < -0.39 is 0 Å². The lowest BCUT2D eigenvalue weighted by atomic mass is 10.0. The van der Waals surface area contributed by atoms with Crippen molar-refractivity contribution < 1.29 is 13.9 Å². The summed E-state index contributed by atoms with van der Waals surface area (Å²) in [7, 11) is 1.72. The first kappa shape index (κ1) is 18.9. The molecule has 0 saturated heterocycles. The molecule has 3 rings (SSSR count). The zero-order valence-corrected chi connectivity index (χ0v) is 15.7. The van der Waals surface area contributed by atoms with E-state index in [1.54, 1.807) is 36.4 Å². The average Bonchev–Trinajstić information content (AvgIpc) is 3.21. The molecule has 5 nitrogen and oxygen atoms in total. The number of halogens is 1. The predicted octanol–water partition coefficient (Wildman–Crippen LogP) is 4.74. The van der Waals surface area contributed by atoms with E-state index in [1.165, 1.54) is 0 Å². The van der Waals surface area contributed by atoms with Gasteiger partial charge < -0.3 is 19.4 Å². The number of carbonyl (C=O) groups excluding carboxylic acids is 1. The second-order valence-electron chi connectivity index (χ2n) is 6.04. The summed E-state index contributed by atoms with van der Waals surface area (Å²) in [5.74, 6) is 1.35. The van der Waals surface area contributed by atoms with Crippen molar-refractivity contribution in [3.05, 3.63) is 89.3 Å². The van der Waals surface area contributed by atoms with Crippen molar-refractivity contribution >= 4 is 17.6 Å². The second kappa shape index (κ2) is 9.14. The Bertz CT molecular complexity index is 853. The van der Waals surface area contributed by atoms with Crippen molar-refractivity contribution in [2.75, 3.05) is 20.2 Å². The smallest absolute Gasteiger partial charge is 0.318 e. The molecule has 0 saturated carbocycles. The van der Waals surface area contributed by atoms with Crippen LogP contribution in [0.15, 0.2) is 77.4 Å². The molecule has 0 spiro atoms. The van der Waals surface area contributed by atoms with Crippen LogP contribution in [-0.4, -0.2) is 31.1 Å². The fraction of sp³-hybridized carbons (Fsp3) is 0.190. The number of carbonyl (C=O) groups is 1. The minimum absolute atomic E-state index is 0.213. The number of furan rings is 1. The quantitative estimate of drug-likeness (QED) is 0.640. The lowest BCUT2D eigenvalue weighted by Gasteiger charge is -2.23. The van der Waals surface area contributed by atoms with Gasteiger partial charge in [-0.15, -0.1) is 0 Å². The highest BCUT2D eigenvalue weighted by Gasteiger charge is 2.21. The lowest BCUT2D eigenvalue weighted by Crippen LogP contribution is -2.41. The highest BCUT2D eigenvalue weighted by atomic mass is 35.5. The van der Waals surface area contributed by atoms with Gasteiger partial charge in [0, 0.05) is 12.1 Å². The molecule has 0 fully saturated rings. The van der Waals surface area contributed by atoms with Crippen molar-refractivity contribution in [3.63, 3.8) is 0 Å². The molecule has 27 heavy (non-hydrogen) atoms. The maximum Gasteiger partial charge on any atom is 0.318 e. The van der Waals surface area contributed by atoms with Gasteiger partial charge in [-0.1, -0.05) is 48.0 Å². The van der Waals surface area contributed by atoms with Crippen LogP contribution in [0.4, 0.5) is 4.79 Å². The van der Waals surface area contributed by atoms with Gasteiger partial charge >= 0.3 is 6.03 Å². The van der Waals surface area contributed by atoms with E-state index in [2.05, 4.69) is 5.32 Å². The molecule has 0 aliphatic rings. The van der Waals surface area contributed by atoms with Crippen LogP contribution in [0.3, 0.4) is 0 Å². The normalized spacial score (nSPS) is 11.6. The Morgan fingerprint density at radius 1 is 1.15 bits per heavy atom. The molecule has 1 N–H and O–H groups in total. The molecule has 0 bridgehead atoms. The summed E-state index contributed by atoms with van der Waals surface area (Å²) in [5.41, 5.74) is 0.948. The van der Waals surface area contributed by atoms with Gasteiger partial charge in [0.2, 0.25) is 0 Å². The Labute approximate surface area is 163 Å². The van der Waals surface area contributed by atoms with Crippen molar-refractivity contribution in [2.24, 2.45) is 0 Å². The van der Waals surface area contributed by atoms with Crippen LogP contribution in [0.2, 0.25) is 5.02 Å². The van der Waals surface area contributed by atoms with Crippen LogP contribution >= 0.6 is 11.6 Å². The molecule has 0 radical (unpaired) electrons. The topological polar surface area (TPSA) is 54.7 Å². The maximum atomic E-state index is 12.6. The summed E-state index contributed by atoms with van der Waals surface area (Å²) < 4.78 is 11.2. The van der Waals surface area contributed by atoms with Crippen LogP contribution in [0.5, 0.6) is 5.75 Å².